The summed E-state index contributed by atoms with van der Waals surface area (Å²) in [6.45, 7) is 3.92. The highest BCUT2D eigenvalue weighted by Crippen LogP contribution is 2.23. The molecule has 0 aliphatic heterocycles. The lowest BCUT2D eigenvalue weighted by Gasteiger charge is -2.13. The highest BCUT2D eigenvalue weighted by Gasteiger charge is 2.16. The van der Waals surface area contributed by atoms with Gasteiger partial charge in [0.05, 0.1) is 22.9 Å². The molecule has 2 amide bonds. The van der Waals surface area contributed by atoms with Crippen molar-refractivity contribution in [2.24, 2.45) is 0 Å². The third-order valence-electron chi connectivity index (χ3n) is 4.86. The van der Waals surface area contributed by atoms with Crippen LogP contribution in [0, 0.1) is 25.2 Å². The molecule has 3 aromatic rings. The number of carbonyl (C=O) groups excluding carboxylic acids is 2. The van der Waals surface area contributed by atoms with Crippen molar-refractivity contribution >= 4 is 17.5 Å². The van der Waals surface area contributed by atoms with E-state index in [2.05, 4.69) is 16.4 Å². The zero-order valence-electron chi connectivity index (χ0n) is 18.5. The smallest absolute Gasteiger partial charge is 0.271 e. The number of ether oxygens (including phenoxy) is 1. The molecule has 0 aliphatic carbocycles. The fourth-order valence-corrected chi connectivity index (χ4v) is 3.10. The van der Waals surface area contributed by atoms with Crippen LogP contribution in [0.1, 0.15) is 43.2 Å². The maximum Gasteiger partial charge on any atom is 0.271 e. The predicted molar refractivity (Wildman–Crippen MR) is 122 cm³/mol. The minimum absolute atomic E-state index is 0.217. The van der Waals surface area contributed by atoms with Gasteiger partial charge < -0.3 is 15.0 Å². The van der Waals surface area contributed by atoms with Crippen LogP contribution in [0.4, 0.5) is 5.69 Å². The van der Waals surface area contributed by atoms with Crippen molar-refractivity contribution in [3.63, 3.8) is 0 Å². The maximum absolute atomic E-state index is 12.8. The normalized spacial score (nSPS) is 10.2. The molecule has 0 saturated carbocycles. The summed E-state index contributed by atoms with van der Waals surface area (Å²) in [5.74, 6) is 0.141. The topological polar surface area (TPSA) is 95.3 Å². The Kier molecular flexibility index (Phi) is 6.86. The summed E-state index contributed by atoms with van der Waals surface area (Å²) in [5, 5.41) is 11.9. The van der Waals surface area contributed by atoms with E-state index in [-0.39, 0.29) is 11.8 Å². The van der Waals surface area contributed by atoms with Gasteiger partial charge in [0.1, 0.15) is 18.1 Å². The molecule has 0 unspecified atom stereocenters. The Labute approximate surface area is 187 Å². The van der Waals surface area contributed by atoms with E-state index in [9.17, 15) is 9.59 Å². The van der Waals surface area contributed by atoms with E-state index in [0.29, 0.717) is 40.6 Å². The van der Waals surface area contributed by atoms with Crippen molar-refractivity contribution in [2.75, 3.05) is 19.4 Å². The first-order valence-electron chi connectivity index (χ1n) is 10.0. The van der Waals surface area contributed by atoms with Gasteiger partial charge in [0.15, 0.2) is 0 Å². The highest BCUT2D eigenvalue weighted by atomic mass is 16.5. The molecule has 0 atom stereocenters. The van der Waals surface area contributed by atoms with Crippen LogP contribution in [-0.2, 0) is 6.61 Å². The standard InChI is InChI=1S/C25H24N4O3/c1-16-12-20(32-15-19-7-5-6-18(13-19)14-26)8-10-22(16)28-24(30)21-9-11-23(27-17(21)2)25(31)29(3)4/h5-13H,15H2,1-4H3,(H,28,30). The first-order valence-corrected chi connectivity index (χ1v) is 10.0. The van der Waals surface area contributed by atoms with E-state index in [1.165, 1.54) is 4.90 Å². The minimum atomic E-state index is -0.302. The number of nitrogens with one attached hydrogen (secondary N) is 1. The largest absolute Gasteiger partial charge is 0.489 e. The first-order chi connectivity index (χ1) is 15.3. The molecule has 0 radical (unpaired) electrons. The number of nitrogens with zero attached hydrogens (tertiary/aromatic N) is 3. The Morgan fingerprint density at radius 2 is 1.88 bits per heavy atom. The van der Waals surface area contributed by atoms with Gasteiger partial charge >= 0.3 is 0 Å². The number of amides is 2. The number of aryl methyl sites for hydroxylation is 2. The van der Waals surface area contributed by atoms with Gasteiger partial charge in [-0.1, -0.05) is 12.1 Å². The van der Waals surface area contributed by atoms with Gasteiger partial charge in [0.2, 0.25) is 0 Å². The Hall–Kier alpha value is -4.18. The van der Waals surface area contributed by atoms with Gasteiger partial charge in [-0.05, 0) is 67.4 Å². The van der Waals surface area contributed by atoms with Crippen LogP contribution >= 0.6 is 0 Å². The second kappa shape index (κ2) is 9.75. The second-order valence-corrected chi connectivity index (χ2v) is 7.56. The van der Waals surface area contributed by atoms with E-state index in [1.807, 2.05) is 25.1 Å². The number of rotatable bonds is 6. The van der Waals surface area contributed by atoms with E-state index in [0.717, 1.165) is 11.1 Å². The van der Waals surface area contributed by atoms with Crippen molar-refractivity contribution < 1.29 is 14.3 Å². The molecule has 0 spiro atoms. The molecule has 32 heavy (non-hydrogen) atoms. The Morgan fingerprint density at radius 3 is 2.53 bits per heavy atom. The fourth-order valence-electron chi connectivity index (χ4n) is 3.10. The summed E-state index contributed by atoms with van der Waals surface area (Å²) < 4.78 is 5.82. The summed E-state index contributed by atoms with van der Waals surface area (Å²) in [6.07, 6.45) is 0. The fraction of sp³-hybridized carbons (Fsp3) is 0.200. The molecule has 7 heteroatoms. The van der Waals surface area contributed by atoms with Crippen LogP contribution in [0.25, 0.3) is 0 Å². The lowest BCUT2D eigenvalue weighted by Crippen LogP contribution is -2.24. The van der Waals surface area contributed by atoms with Gasteiger partial charge in [0.25, 0.3) is 11.8 Å². The van der Waals surface area contributed by atoms with Crippen LogP contribution in [-0.4, -0.2) is 35.8 Å². The molecular weight excluding hydrogens is 404 g/mol. The van der Waals surface area contributed by atoms with Gasteiger partial charge in [0, 0.05) is 19.8 Å². The molecular formula is C25H24N4O3. The molecule has 162 valence electrons. The van der Waals surface area contributed by atoms with Crippen LogP contribution in [0.5, 0.6) is 5.75 Å². The molecule has 0 bridgehead atoms. The van der Waals surface area contributed by atoms with Gasteiger partial charge in [-0.2, -0.15) is 5.26 Å². The first kappa shape index (κ1) is 22.5. The minimum Gasteiger partial charge on any atom is -0.489 e. The van der Waals surface area contributed by atoms with Crippen molar-refractivity contribution in [1.82, 2.24) is 9.88 Å². The van der Waals surface area contributed by atoms with Crippen molar-refractivity contribution in [1.29, 1.82) is 5.26 Å². The predicted octanol–water partition coefficient (Wildman–Crippen LogP) is 4.10. The quantitative estimate of drug-likeness (QED) is 0.638. The molecule has 0 aliphatic rings. The summed E-state index contributed by atoms with van der Waals surface area (Å²) in [6, 6.07) is 17.9. The highest BCUT2D eigenvalue weighted by molar-refractivity contribution is 6.05. The average Bonchev–Trinajstić information content (AvgIpc) is 2.78. The maximum atomic E-state index is 12.8. The van der Waals surface area contributed by atoms with Gasteiger partial charge in [-0.3, -0.25) is 9.59 Å². The summed E-state index contributed by atoms with van der Waals surface area (Å²) >= 11 is 0. The van der Waals surface area contributed by atoms with E-state index < -0.39 is 0 Å². The Morgan fingerprint density at radius 1 is 1.09 bits per heavy atom. The number of nitriles is 1. The number of hydrogen-bond donors (Lipinski definition) is 1. The van der Waals surface area contributed by atoms with Crippen LogP contribution in [0.15, 0.2) is 54.6 Å². The summed E-state index contributed by atoms with van der Waals surface area (Å²) in [5.41, 5.74) is 4.16. The summed E-state index contributed by atoms with van der Waals surface area (Å²) in [7, 11) is 3.30. The van der Waals surface area contributed by atoms with Crippen LogP contribution < -0.4 is 10.1 Å². The number of hydrogen-bond acceptors (Lipinski definition) is 5. The molecule has 2 aromatic carbocycles. The molecule has 7 nitrogen and oxygen atoms in total. The lowest BCUT2D eigenvalue weighted by molar-refractivity contribution is 0.0821. The molecule has 0 saturated heterocycles. The van der Waals surface area contributed by atoms with Crippen LogP contribution in [0.3, 0.4) is 0 Å². The zero-order chi connectivity index (χ0) is 23.3. The lowest BCUT2D eigenvalue weighted by atomic mass is 10.1. The summed E-state index contributed by atoms with van der Waals surface area (Å²) in [4.78, 5) is 30.5. The Bertz CT molecular complexity index is 1210. The number of anilines is 1. The second-order valence-electron chi connectivity index (χ2n) is 7.56. The van der Waals surface area contributed by atoms with Gasteiger partial charge in [-0.25, -0.2) is 4.98 Å². The molecule has 1 aromatic heterocycles. The van der Waals surface area contributed by atoms with Crippen molar-refractivity contribution in [3.8, 4) is 11.8 Å². The zero-order valence-corrected chi connectivity index (χ0v) is 18.5. The molecule has 1 heterocycles. The molecule has 3 rings (SSSR count). The number of carbonyl (C=O) groups is 2. The monoisotopic (exact) mass is 428 g/mol. The number of pyridine rings is 1. The SMILES string of the molecule is Cc1cc(OCc2cccc(C#N)c2)ccc1NC(=O)c1ccc(C(=O)N(C)C)nc1C. The van der Waals surface area contributed by atoms with E-state index in [4.69, 9.17) is 10.00 Å². The number of aromatic nitrogens is 1. The van der Waals surface area contributed by atoms with E-state index >= 15 is 0 Å². The average molecular weight is 428 g/mol. The molecule has 0 fully saturated rings. The van der Waals surface area contributed by atoms with Crippen molar-refractivity contribution in [3.05, 3.63) is 88.2 Å². The van der Waals surface area contributed by atoms with Gasteiger partial charge in [-0.15, -0.1) is 0 Å². The number of benzene rings is 2. The van der Waals surface area contributed by atoms with Crippen molar-refractivity contribution in [2.45, 2.75) is 20.5 Å². The van der Waals surface area contributed by atoms with Crippen LogP contribution in [0.2, 0.25) is 0 Å². The third kappa shape index (κ3) is 5.29. The Balaban J connectivity index is 1.68. The van der Waals surface area contributed by atoms with E-state index in [1.54, 1.807) is 57.4 Å². The molecule has 1 N–H and O–H groups in total. The third-order valence-corrected chi connectivity index (χ3v) is 4.86.